The second kappa shape index (κ2) is 11.9. The first-order valence-electron chi connectivity index (χ1n) is 9.16. The molecule has 1 rings (SSSR count). The van der Waals surface area contributed by atoms with Crippen molar-refractivity contribution in [2.24, 2.45) is 5.92 Å². The molecule has 134 valence electrons. The Balaban J connectivity index is 2.66. The molecule has 1 N–H and O–H groups in total. The van der Waals surface area contributed by atoms with Crippen molar-refractivity contribution >= 4 is 13.8 Å². The van der Waals surface area contributed by atoms with Crippen LogP contribution in [0.4, 0.5) is 0 Å². The van der Waals surface area contributed by atoms with Crippen molar-refractivity contribution in [1.82, 2.24) is 0 Å². The van der Waals surface area contributed by atoms with Gasteiger partial charge in [-0.2, -0.15) is 0 Å². The minimum Gasteiger partial charge on any atom is -0.478 e. The highest BCUT2D eigenvalue weighted by Gasteiger charge is 2.22. The van der Waals surface area contributed by atoms with E-state index in [2.05, 4.69) is 6.92 Å². The zero-order valence-corrected chi connectivity index (χ0v) is 15.7. The lowest BCUT2D eigenvalue weighted by atomic mass is 9.88. The van der Waals surface area contributed by atoms with Crippen LogP contribution in [0.15, 0.2) is 11.6 Å². The summed E-state index contributed by atoms with van der Waals surface area (Å²) in [5.41, 5.74) is 0.334. The Labute approximate surface area is 141 Å². The summed E-state index contributed by atoms with van der Waals surface area (Å²) in [6, 6.07) is 0. The molecular weight excluding hydrogens is 311 g/mol. The molecule has 0 aliphatic heterocycles. The summed E-state index contributed by atoms with van der Waals surface area (Å²) in [6.45, 7) is 4.56. The molecule has 2 unspecified atom stereocenters. The van der Waals surface area contributed by atoms with Crippen LogP contribution in [0.2, 0.25) is 0 Å². The number of rotatable bonds is 11. The Kier molecular flexibility index (Phi) is 10.5. The standard InChI is InChI=1S/C18H33O4P/c1-3-5-7-12-17(22-4-2)23(21)14-16(18(19)20)13-15-10-8-6-9-11-15/h13,15,17,23H,3-12,14H2,1-2H3,(H,19,20). The molecular formula is C18H33O4P. The maximum Gasteiger partial charge on any atom is 0.331 e. The Morgan fingerprint density at radius 3 is 2.52 bits per heavy atom. The average Bonchev–Trinajstić information content (AvgIpc) is 2.54. The molecule has 0 spiro atoms. The van der Waals surface area contributed by atoms with E-state index >= 15 is 0 Å². The summed E-state index contributed by atoms with van der Waals surface area (Å²) in [6.07, 6.45) is 11.7. The Morgan fingerprint density at radius 2 is 1.96 bits per heavy atom. The smallest absolute Gasteiger partial charge is 0.331 e. The fraction of sp³-hybridized carbons (Fsp3) is 0.833. The summed E-state index contributed by atoms with van der Waals surface area (Å²) in [5.74, 6) is -0.848. The monoisotopic (exact) mass is 344 g/mol. The van der Waals surface area contributed by atoms with E-state index in [1.54, 1.807) is 0 Å². The van der Waals surface area contributed by atoms with E-state index in [4.69, 9.17) is 4.74 Å². The molecule has 0 aromatic carbocycles. The molecule has 0 bridgehead atoms. The lowest BCUT2D eigenvalue weighted by Gasteiger charge is -2.20. The fourth-order valence-electron chi connectivity index (χ4n) is 3.21. The molecule has 0 amide bonds. The fourth-order valence-corrected chi connectivity index (χ4v) is 4.96. The number of allylic oxidation sites excluding steroid dienone is 1. The van der Waals surface area contributed by atoms with Gasteiger partial charge in [-0.3, -0.25) is 0 Å². The Bertz CT molecular complexity index is 400. The van der Waals surface area contributed by atoms with Crippen LogP contribution in [0.1, 0.15) is 71.6 Å². The number of hydrogen-bond acceptors (Lipinski definition) is 3. The molecule has 1 aliphatic rings. The van der Waals surface area contributed by atoms with Crippen LogP contribution in [0.5, 0.6) is 0 Å². The molecule has 1 fully saturated rings. The van der Waals surface area contributed by atoms with Gasteiger partial charge in [0, 0.05) is 18.3 Å². The van der Waals surface area contributed by atoms with Crippen molar-refractivity contribution in [1.29, 1.82) is 0 Å². The quantitative estimate of drug-likeness (QED) is 0.322. The third kappa shape index (κ3) is 8.17. The third-order valence-electron chi connectivity index (χ3n) is 4.52. The minimum absolute atomic E-state index is 0.174. The van der Waals surface area contributed by atoms with Gasteiger partial charge in [-0.25, -0.2) is 4.79 Å². The van der Waals surface area contributed by atoms with Crippen LogP contribution in [-0.4, -0.2) is 29.7 Å². The van der Waals surface area contributed by atoms with Crippen LogP contribution in [0, 0.1) is 5.92 Å². The SMILES string of the molecule is CCCCCC(OCC)[PH](=O)CC(=CC1CCCCC1)C(=O)O. The normalized spacial score (nSPS) is 19.5. The second-order valence-corrected chi connectivity index (χ2v) is 8.41. The largest absolute Gasteiger partial charge is 0.478 e. The lowest BCUT2D eigenvalue weighted by Crippen LogP contribution is -2.14. The summed E-state index contributed by atoms with van der Waals surface area (Å²) >= 11 is 0. The number of unbranched alkanes of at least 4 members (excludes halogenated alkanes) is 2. The Hall–Kier alpha value is -0.600. The predicted molar refractivity (Wildman–Crippen MR) is 95.7 cm³/mol. The van der Waals surface area contributed by atoms with E-state index < -0.39 is 13.8 Å². The molecule has 1 aliphatic carbocycles. The average molecular weight is 344 g/mol. The second-order valence-electron chi connectivity index (χ2n) is 6.48. The molecule has 0 radical (unpaired) electrons. The van der Waals surface area contributed by atoms with Crippen molar-refractivity contribution in [2.75, 3.05) is 12.8 Å². The summed E-state index contributed by atoms with van der Waals surface area (Å²) in [5, 5.41) is 9.45. The summed E-state index contributed by atoms with van der Waals surface area (Å²) in [7, 11) is -2.09. The molecule has 23 heavy (non-hydrogen) atoms. The van der Waals surface area contributed by atoms with Gasteiger partial charge < -0.3 is 14.4 Å². The van der Waals surface area contributed by atoms with Gasteiger partial charge in [0.1, 0.15) is 13.6 Å². The number of carboxylic acids is 1. The highest BCUT2D eigenvalue weighted by atomic mass is 31.1. The maximum atomic E-state index is 12.6. The highest BCUT2D eigenvalue weighted by Crippen LogP contribution is 2.36. The van der Waals surface area contributed by atoms with Gasteiger partial charge in [0.25, 0.3) is 0 Å². The van der Waals surface area contributed by atoms with Gasteiger partial charge in [-0.1, -0.05) is 51.5 Å². The molecule has 0 aromatic rings. The van der Waals surface area contributed by atoms with E-state index in [-0.39, 0.29) is 12.0 Å². The minimum atomic E-state index is -2.09. The van der Waals surface area contributed by atoms with Gasteiger partial charge in [0.15, 0.2) is 0 Å². The van der Waals surface area contributed by atoms with Crippen molar-refractivity contribution in [3.8, 4) is 0 Å². The third-order valence-corrected chi connectivity index (χ3v) is 6.43. The zero-order chi connectivity index (χ0) is 17.1. The van der Waals surface area contributed by atoms with Crippen LogP contribution in [-0.2, 0) is 14.1 Å². The zero-order valence-electron chi connectivity index (χ0n) is 14.7. The molecule has 4 nitrogen and oxygen atoms in total. The predicted octanol–water partition coefficient (Wildman–Crippen LogP) is 5.08. The number of aliphatic carboxylic acids is 1. The van der Waals surface area contributed by atoms with E-state index in [1.807, 2.05) is 13.0 Å². The highest BCUT2D eigenvalue weighted by molar-refractivity contribution is 7.45. The maximum absolute atomic E-state index is 12.6. The summed E-state index contributed by atoms with van der Waals surface area (Å²) in [4.78, 5) is 11.5. The molecule has 0 heterocycles. The topological polar surface area (TPSA) is 63.6 Å². The van der Waals surface area contributed by atoms with Crippen molar-refractivity contribution < 1.29 is 19.2 Å². The number of carboxylic acid groups (broad SMARTS) is 1. The lowest BCUT2D eigenvalue weighted by molar-refractivity contribution is -0.132. The van der Waals surface area contributed by atoms with Crippen LogP contribution in [0.3, 0.4) is 0 Å². The molecule has 0 aromatic heterocycles. The van der Waals surface area contributed by atoms with Gasteiger partial charge in [-0.15, -0.1) is 0 Å². The van der Waals surface area contributed by atoms with Crippen LogP contribution >= 0.6 is 7.80 Å². The van der Waals surface area contributed by atoms with E-state index in [9.17, 15) is 14.5 Å². The summed E-state index contributed by atoms with van der Waals surface area (Å²) < 4.78 is 18.3. The molecule has 2 atom stereocenters. The van der Waals surface area contributed by atoms with E-state index in [1.165, 1.54) is 19.3 Å². The molecule has 1 saturated carbocycles. The first-order valence-corrected chi connectivity index (χ1v) is 10.9. The van der Waals surface area contributed by atoms with E-state index in [0.29, 0.717) is 18.1 Å². The first-order chi connectivity index (χ1) is 11.1. The Morgan fingerprint density at radius 1 is 1.26 bits per heavy atom. The van der Waals surface area contributed by atoms with Gasteiger partial charge in [0.2, 0.25) is 0 Å². The molecule has 0 saturated heterocycles. The van der Waals surface area contributed by atoms with Gasteiger partial charge in [0.05, 0.1) is 0 Å². The van der Waals surface area contributed by atoms with Crippen molar-refractivity contribution in [2.45, 2.75) is 77.5 Å². The molecule has 5 heteroatoms. The van der Waals surface area contributed by atoms with Gasteiger partial charge >= 0.3 is 5.97 Å². The first kappa shape index (κ1) is 20.4. The van der Waals surface area contributed by atoms with Crippen molar-refractivity contribution in [3.05, 3.63) is 11.6 Å². The number of ether oxygens (including phenoxy) is 1. The van der Waals surface area contributed by atoms with E-state index in [0.717, 1.165) is 38.5 Å². The van der Waals surface area contributed by atoms with Crippen molar-refractivity contribution in [3.63, 3.8) is 0 Å². The number of hydrogen-bond donors (Lipinski definition) is 1. The number of carbonyl (C=O) groups is 1. The van der Waals surface area contributed by atoms with Crippen LogP contribution < -0.4 is 0 Å². The van der Waals surface area contributed by atoms with Gasteiger partial charge in [-0.05, 0) is 32.1 Å². The van der Waals surface area contributed by atoms with Crippen LogP contribution in [0.25, 0.3) is 0 Å².